The highest BCUT2D eigenvalue weighted by Crippen LogP contribution is 2.21. The molecule has 0 saturated carbocycles. The molecule has 0 aliphatic rings. The molecule has 0 saturated heterocycles. The van der Waals surface area contributed by atoms with Gasteiger partial charge in [0, 0.05) is 10.6 Å². The molecule has 0 heterocycles. The lowest BCUT2D eigenvalue weighted by Crippen LogP contribution is -2.19. The number of carbonyl (C=O) groups excluding carboxylic acids is 1. The molecular formula is C14H11Cl2N3O3S. The third kappa shape index (κ3) is 4.77. The number of hydrogen-bond donors (Lipinski definition) is 2. The Labute approximate surface area is 143 Å². The van der Waals surface area contributed by atoms with Crippen molar-refractivity contribution in [2.24, 2.45) is 10.2 Å². The number of amides is 1. The van der Waals surface area contributed by atoms with Crippen LogP contribution in [0.1, 0.15) is 15.9 Å². The molecule has 2 aromatic carbocycles. The molecule has 0 aromatic heterocycles. The van der Waals surface area contributed by atoms with E-state index in [2.05, 4.69) is 10.5 Å². The van der Waals surface area contributed by atoms with Crippen LogP contribution in [0, 0.1) is 0 Å². The Morgan fingerprint density at radius 2 is 1.78 bits per heavy atom. The molecule has 1 amide bonds. The van der Waals surface area contributed by atoms with Crippen molar-refractivity contribution in [3.63, 3.8) is 0 Å². The molecular weight excluding hydrogens is 361 g/mol. The fraction of sp³-hybridized carbons (Fsp3) is 0. The Balaban J connectivity index is 2.14. The topological polar surface area (TPSA) is 102 Å². The number of nitrogens with one attached hydrogen (secondary N) is 1. The van der Waals surface area contributed by atoms with Gasteiger partial charge in [-0.25, -0.2) is 19.0 Å². The van der Waals surface area contributed by atoms with E-state index in [1.165, 1.54) is 18.3 Å². The van der Waals surface area contributed by atoms with Gasteiger partial charge in [0.05, 0.1) is 11.2 Å². The first-order valence-corrected chi connectivity index (χ1v) is 8.49. The van der Waals surface area contributed by atoms with E-state index in [-0.39, 0.29) is 15.5 Å². The van der Waals surface area contributed by atoms with Gasteiger partial charge < -0.3 is 0 Å². The van der Waals surface area contributed by atoms with Crippen molar-refractivity contribution < 1.29 is 13.2 Å². The van der Waals surface area contributed by atoms with Gasteiger partial charge in [-0.2, -0.15) is 5.10 Å². The first kappa shape index (κ1) is 17.4. The smallest absolute Gasteiger partial charge is 0.267 e. The number of rotatable bonds is 4. The predicted molar refractivity (Wildman–Crippen MR) is 89.3 cm³/mol. The van der Waals surface area contributed by atoms with Crippen molar-refractivity contribution in [1.29, 1.82) is 0 Å². The third-order valence-corrected chi connectivity index (χ3v) is 4.39. The fourth-order valence-corrected chi connectivity index (χ4v) is 2.84. The SMILES string of the molecule is NS(=O)(=O)c1cc(C(=O)N/N=C\c2ccc(Cl)cc2)ccc1Cl. The molecule has 2 rings (SSSR count). The Kier molecular flexibility index (Phi) is 5.38. The highest BCUT2D eigenvalue weighted by atomic mass is 35.5. The molecule has 0 radical (unpaired) electrons. The van der Waals surface area contributed by atoms with Crippen molar-refractivity contribution in [1.82, 2.24) is 5.43 Å². The molecule has 23 heavy (non-hydrogen) atoms. The zero-order valence-electron chi connectivity index (χ0n) is 11.5. The summed E-state index contributed by atoms with van der Waals surface area (Å²) >= 11 is 11.5. The molecule has 120 valence electrons. The molecule has 0 spiro atoms. The molecule has 0 aliphatic heterocycles. The lowest BCUT2D eigenvalue weighted by molar-refractivity contribution is 0.0955. The maximum absolute atomic E-state index is 12.0. The zero-order chi connectivity index (χ0) is 17.0. The highest BCUT2D eigenvalue weighted by molar-refractivity contribution is 7.89. The summed E-state index contributed by atoms with van der Waals surface area (Å²) in [6.07, 6.45) is 1.42. The maximum Gasteiger partial charge on any atom is 0.271 e. The minimum Gasteiger partial charge on any atom is -0.267 e. The maximum atomic E-state index is 12.0. The van der Waals surface area contributed by atoms with Gasteiger partial charge in [-0.05, 0) is 35.9 Å². The van der Waals surface area contributed by atoms with Crippen LogP contribution in [0.5, 0.6) is 0 Å². The molecule has 0 atom stereocenters. The van der Waals surface area contributed by atoms with Gasteiger partial charge in [-0.15, -0.1) is 0 Å². The van der Waals surface area contributed by atoms with Gasteiger partial charge in [-0.3, -0.25) is 4.79 Å². The van der Waals surface area contributed by atoms with E-state index in [1.54, 1.807) is 24.3 Å². The molecule has 2 aromatic rings. The first-order valence-electron chi connectivity index (χ1n) is 6.19. The van der Waals surface area contributed by atoms with Crippen molar-refractivity contribution in [2.75, 3.05) is 0 Å². The van der Waals surface area contributed by atoms with Crippen LogP contribution >= 0.6 is 23.2 Å². The molecule has 9 heteroatoms. The van der Waals surface area contributed by atoms with E-state index in [0.717, 1.165) is 11.6 Å². The molecule has 0 unspecified atom stereocenters. The molecule has 3 N–H and O–H groups in total. The third-order valence-electron chi connectivity index (χ3n) is 2.75. The molecule has 0 fully saturated rings. The van der Waals surface area contributed by atoms with Crippen molar-refractivity contribution >= 4 is 45.3 Å². The number of sulfonamides is 1. The summed E-state index contributed by atoms with van der Waals surface area (Å²) in [6, 6.07) is 10.5. The van der Waals surface area contributed by atoms with Crippen LogP contribution in [0.15, 0.2) is 52.5 Å². The number of hydrogen-bond acceptors (Lipinski definition) is 4. The number of carbonyl (C=O) groups is 1. The first-order chi connectivity index (χ1) is 10.8. The Morgan fingerprint density at radius 3 is 2.39 bits per heavy atom. The van der Waals surface area contributed by atoms with E-state index in [1.807, 2.05) is 0 Å². The summed E-state index contributed by atoms with van der Waals surface area (Å²) in [5.74, 6) is -0.600. The van der Waals surface area contributed by atoms with Crippen LogP contribution in [0.2, 0.25) is 10.0 Å². The van der Waals surface area contributed by atoms with E-state index in [0.29, 0.717) is 5.02 Å². The van der Waals surface area contributed by atoms with Gasteiger partial charge in [0.2, 0.25) is 10.0 Å². The Morgan fingerprint density at radius 1 is 1.13 bits per heavy atom. The second-order valence-electron chi connectivity index (χ2n) is 4.44. The lowest BCUT2D eigenvalue weighted by Gasteiger charge is -2.05. The summed E-state index contributed by atoms with van der Waals surface area (Å²) in [6.45, 7) is 0. The van der Waals surface area contributed by atoms with E-state index < -0.39 is 15.9 Å². The summed E-state index contributed by atoms with van der Waals surface area (Å²) in [5.41, 5.74) is 3.07. The monoisotopic (exact) mass is 371 g/mol. The van der Waals surface area contributed by atoms with Crippen LogP contribution in [-0.4, -0.2) is 20.5 Å². The van der Waals surface area contributed by atoms with E-state index >= 15 is 0 Å². The largest absolute Gasteiger partial charge is 0.271 e. The van der Waals surface area contributed by atoms with Crippen LogP contribution < -0.4 is 10.6 Å². The van der Waals surface area contributed by atoms with Crippen LogP contribution in [0.3, 0.4) is 0 Å². The van der Waals surface area contributed by atoms with Gasteiger partial charge in [0.25, 0.3) is 5.91 Å². The standard InChI is InChI=1S/C14H11Cl2N3O3S/c15-11-4-1-9(2-5-11)8-18-19-14(20)10-3-6-12(16)13(7-10)23(17,21)22/h1-8H,(H,19,20)(H2,17,21,22)/b18-8-. The van der Waals surface area contributed by atoms with Gasteiger partial charge in [-0.1, -0.05) is 35.3 Å². The fourth-order valence-electron chi connectivity index (χ4n) is 1.64. The van der Waals surface area contributed by atoms with Crippen molar-refractivity contribution in [2.45, 2.75) is 4.90 Å². The van der Waals surface area contributed by atoms with Gasteiger partial charge >= 0.3 is 0 Å². The number of halogens is 2. The number of benzene rings is 2. The highest BCUT2D eigenvalue weighted by Gasteiger charge is 2.16. The van der Waals surface area contributed by atoms with Crippen LogP contribution in [0.4, 0.5) is 0 Å². The van der Waals surface area contributed by atoms with Crippen LogP contribution in [0.25, 0.3) is 0 Å². The number of hydrazone groups is 1. The van der Waals surface area contributed by atoms with Gasteiger partial charge in [0.15, 0.2) is 0 Å². The predicted octanol–water partition coefficient (Wildman–Crippen LogP) is 2.40. The Bertz CT molecular complexity index is 865. The normalized spacial score (nSPS) is 11.6. The average molecular weight is 372 g/mol. The van der Waals surface area contributed by atoms with Crippen molar-refractivity contribution in [3.8, 4) is 0 Å². The second kappa shape index (κ2) is 7.10. The second-order valence-corrected chi connectivity index (χ2v) is 6.81. The number of nitrogens with two attached hydrogens (primary N) is 1. The summed E-state index contributed by atoms with van der Waals surface area (Å²) in [7, 11) is -4.02. The van der Waals surface area contributed by atoms with Crippen molar-refractivity contribution in [3.05, 3.63) is 63.6 Å². The Hall–Kier alpha value is -1.93. The minimum absolute atomic E-state index is 0.0614. The molecule has 0 bridgehead atoms. The van der Waals surface area contributed by atoms with Crippen LogP contribution in [-0.2, 0) is 10.0 Å². The minimum atomic E-state index is -4.02. The molecule has 0 aliphatic carbocycles. The summed E-state index contributed by atoms with van der Waals surface area (Å²) in [4.78, 5) is 11.6. The lowest BCUT2D eigenvalue weighted by atomic mass is 10.2. The van der Waals surface area contributed by atoms with Gasteiger partial charge in [0.1, 0.15) is 4.90 Å². The zero-order valence-corrected chi connectivity index (χ0v) is 13.9. The van der Waals surface area contributed by atoms with E-state index in [4.69, 9.17) is 28.3 Å². The van der Waals surface area contributed by atoms with E-state index in [9.17, 15) is 13.2 Å². The quantitative estimate of drug-likeness (QED) is 0.636. The summed E-state index contributed by atoms with van der Waals surface area (Å²) < 4.78 is 22.8. The average Bonchev–Trinajstić information content (AvgIpc) is 2.48. The number of nitrogens with zero attached hydrogens (tertiary/aromatic N) is 1. The molecule has 6 nitrogen and oxygen atoms in total. The summed E-state index contributed by atoms with van der Waals surface area (Å²) in [5, 5.41) is 9.34. The number of primary sulfonamides is 1.